The topological polar surface area (TPSA) is 33.5 Å². The van der Waals surface area contributed by atoms with Gasteiger partial charge in [0, 0.05) is 18.7 Å². The molecule has 1 aromatic carbocycles. The summed E-state index contributed by atoms with van der Waals surface area (Å²) >= 11 is 0. The summed E-state index contributed by atoms with van der Waals surface area (Å²) in [6.45, 7) is 5.12. The lowest BCUT2D eigenvalue weighted by atomic mass is 10.2. The molecule has 0 atom stereocenters. The largest absolute Gasteiger partial charge is 0.459 e. The first kappa shape index (κ1) is 12.4. The van der Waals surface area contributed by atoms with Gasteiger partial charge in [-0.1, -0.05) is 30.3 Å². The molecule has 1 heterocycles. The number of benzene rings is 1. The Kier molecular flexibility index (Phi) is 3.82. The predicted octanol–water partition coefficient (Wildman–Crippen LogP) is 3.25. The molecule has 0 aliphatic heterocycles. The number of hydrogen-bond donors (Lipinski definition) is 0. The summed E-state index contributed by atoms with van der Waals surface area (Å²) in [5.41, 5.74) is 2.00. The molecule has 3 heteroatoms. The fourth-order valence-electron chi connectivity index (χ4n) is 1.87. The van der Waals surface area contributed by atoms with Gasteiger partial charge in [-0.05, 0) is 25.5 Å². The predicted molar refractivity (Wildman–Crippen MR) is 70.3 cm³/mol. The highest BCUT2D eigenvalue weighted by molar-refractivity contribution is 5.92. The molecule has 2 rings (SSSR count). The van der Waals surface area contributed by atoms with Crippen LogP contribution in [0.25, 0.3) is 0 Å². The Morgan fingerprint density at radius 3 is 2.50 bits per heavy atom. The second-order valence-electron chi connectivity index (χ2n) is 4.24. The van der Waals surface area contributed by atoms with Crippen molar-refractivity contribution in [1.82, 2.24) is 4.90 Å². The zero-order valence-electron chi connectivity index (χ0n) is 10.7. The van der Waals surface area contributed by atoms with Gasteiger partial charge < -0.3 is 9.32 Å². The maximum absolute atomic E-state index is 12.3. The third-order valence-electron chi connectivity index (χ3n) is 2.94. The number of aryl methyl sites for hydroxylation is 1. The summed E-state index contributed by atoms with van der Waals surface area (Å²) in [5, 5.41) is 0. The SMILES string of the molecule is CCN(Cc1ccccc1)C(=O)c1occc1C. The fraction of sp³-hybridized carbons (Fsp3) is 0.267. The van der Waals surface area contributed by atoms with Crippen LogP contribution in [0.1, 0.15) is 28.6 Å². The molecule has 0 aliphatic rings. The van der Waals surface area contributed by atoms with Crippen molar-refractivity contribution in [2.75, 3.05) is 6.54 Å². The van der Waals surface area contributed by atoms with Crippen molar-refractivity contribution >= 4 is 5.91 Å². The Balaban J connectivity index is 2.15. The Bertz CT molecular complexity index is 516. The van der Waals surface area contributed by atoms with E-state index in [1.807, 2.05) is 50.2 Å². The zero-order chi connectivity index (χ0) is 13.0. The van der Waals surface area contributed by atoms with E-state index < -0.39 is 0 Å². The molecular formula is C15H17NO2. The van der Waals surface area contributed by atoms with Gasteiger partial charge in [-0.3, -0.25) is 4.79 Å². The Morgan fingerprint density at radius 2 is 1.94 bits per heavy atom. The lowest BCUT2D eigenvalue weighted by molar-refractivity contribution is 0.0719. The number of amides is 1. The molecule has 3 nitrogen and oxygen atoms in total. The first-order valence-electron chi connectivity index (χ1n) is 6.09. The van der Waals surface area contributed by atoms with Crippen LogP contribution in [0.3, 0.4) is 0 Å². The average Bonchev–Trinajstić information content (AvgIpc) is 2.82. The van der Waals surface area contributed by atoms with E-state index in [0.29, 0.717) is 18.8 Å². The fourth-order valence-corrected chi connectivity index (χ4v) is 1.87. The summed E-state index contributed by atoms with van der Waals surface area (Å²) in [7, 11) is 0. The van der Waals surface area contributed by atoms with Crippen LogP contribution >= 0.6 is 0 Å². The molecule has 0 radical (unpaired) electrons. The van der Waals surface area contributed by atoms with Crippen LogP contribution in [0.4, 0.5) is 0 Å². The van der Waals surface area contributed by atoms with Crippen molar-refractivity contribution in [3.63, 3.8) is 0 Å². The Labute approximate surface area is 107 Å². The van der Waals surface area contributed by atoms with E-state index in [0.717, 1.165) is 11.1 Å². The van der Waals surface area contributed by atoms with Crippen molar-refractivity contribution in [2.24, 2.45) is 0 Å². The van der Waals surface area contributed by atoms with Gasteiger partial charge in [-0.15, -0.1) is 0 Å². The zero-order valence-corrected chi connectivity index (χ0v) is 10.7. The maximum atomic E-state index is 12.3. The molecule has 0 fully saturated rings. The third-order valence-corrected chi connectivity index (χ3v) is 2.94. The van der Waals surface area contributed by atoms with Crippen molar-refractivity contribution < 1.29 is 9.21 Å². The standard InChI is InChI=1S/C15H17NO2/c1-3-16(11-13-7-5-4-6-8-13)15(17)14-12(2)9-10-18-14/h4-10H,3,11H2,1-2H3. The minimum Gasteiger partial charge on any atom is -0.459 e. The highest BCUT2D eigenvalue weighted by atomic mass is 16.3. The molecule has 0 unspecified atom stereocenters. The lowest BCUT2D eigenvalue weighted by Gasteiger charge is -2.20. The van der Waals surface area contributed by atoms with E-state index >= 15 is 0 Å². The summed E-state index contributed by atoms with van der Waals surface area (Å²) in [5.74, 6) is 0.386. The van der Waals surface area contributed by atoms with Crippen molar-refractivity contribution in [1.29, 1.82) is 0 Å². The second-order valence-corrected chi connectivity index (χ2v) is 4.24. The molecule has 0 saturated heterocycles. The van der Waals surface area contributed by atoms with Gasteiger partial charge >= 0.3 is 0 Å². The van der Waals surface area contributed by atoms with Crippen LogP contribution in [-0.4, -0.2) is 17.4 Å². The van der Waals surface area contributed by atoms with E-state index in [4.69, 9.17) is 4.42 Å². The monoisotopic (exact) mass is 243 g/mol. The number of furan rings is 1. The Hall–Kier alpha value is -2.03. The van der Waals surface area contributed by atoms with Gasteiger partial charge in [0.15, 0.2) is 5.76 Å². The van der Waals surface area contributed by atoms with E-state index in [1.54, 1.807) is 11.2 Å². The molecule has 94 valence electrons. The van der Waals surface area contributed by atoms with Crippen LogP contribution in [0, 0.1) is 6.92 Å². The van der Waals surface area contributed by atoms with Gasteiger partial charge in [0.2, 0.25) is 0 Å². The number of rotatable bonds is 4. The molecule has 0 saturated carbocycles. The summed E-state index contributed by atoms with van der Waals surface area (Å²) in [4.78, 5) is 14.1. The van der Waals surface area contributed by atoms with Gasteiger partial charge in [0.05, 0.1) is 6.26 Å². The minimum absolute atomic E-state index is 0.0520. The molecule has 2 aromatic rings. The number of carbonyl (C=O) groups excluding carboxylic acids is 1. The molecule has 0 N–H and O–H groups in total. The number of nitrogens with zero attached hydrogens (tertiary/aromatic N) is 1. The summed E-state index contributed by atoms with van der Waals surface area (Å²) < 4.78 is 5.26. The van der Waals surface area contributed by atoms with Gasteiger partial charge in [-0.25, -0.2) is 0 Å². The van der Waals surface area contributed by atoms with E-state index in [-0.39, 0.29) is 5.91 Å². The van der Waals surface area contributed by atoms with Crippen molar-refractivity contribution in [3.8, 4) is 0 Å². The quantitative estimate of drug-likeness (QED) is 0.826. The summed E-state index contributed by atoms with van der Waals surface area (Å²) in [6, 6.07) is 11.8. The van der Waals surface area contributed by atoms with Crippen molar-refractivity contribution in [3.05, 3.63) is 59.5 Å². The minimum atomic E-state index is -0.0520. The molecule has 0 aliphatic carbocycles. The van der Waals surface area contributed by atoms with Crippen LogP contribution in [-0.2, 0) is 6.54 Å². The Morgan fingerprint density at radius 1 is 1.22 bits per heavy atom. The highest BCUT2D eigenvalue weighted by Crippen LogP contribution is 2.14. The molecular weight excluding hydrogens is 226 g/mol. The van der Waals surface area contributed by atoms with Crippen LogP contribution in [0.2, 0.25) is 0 Å². The van der Waals surface area contributed by atoms with Crippen LogP contribution < -0.4 is 0 Å². The van der Waals surface area contributed by atoms with Crippen LogP contribution in [0.15, 0.2) is 47.1 Å². The lowest BCUT2D eigenvalue weighted by Crippen LogP contribution is -2.30. The molecule has 1 amide bonds. The highest BCUT2D eigenvalue weighted by Gasteiger charge is 2.19. The normalized spacial score (nSPS) is 10.3. The van der Waals surface area contributed by atoms with Crippen molar-refractivity contribution in [2.45, 2.75) is 20.4 Å². The van der Waals surface area contributed by atoms with Gasteiger partial charge in [0.25, 0.3) is 5.91 Å². The first-order chi connectivity index (χ1) is 8.72. The average molecular weight is 243 g/mol. The molecule has 18 heavy (non-hydrogen) atoms. The summed E-state index contributed by atoms with van der Waals surface area (Å²) in [6.07, 6.45) is 1.55. The van der Waals surface area contributed by atoms with E-state index in [2.05, 4.69) is 0 Å². The molecule has 1 aromatic heterocycles. The third kappa shape index (κ3) is 2.62. The second kappa shape index (κ2) is 5.54. The molecule has 0 spiro atoms. The number of carbonyl (C=O) groups is 1. The first-order valence-corrected chi connectivity index (χ1v) is 6.09. The smallest absolute Gasteiger partial charge is 0.290 e. The van der Waals surface area contributed by atoms with E-state index in [9.17, 15) is 4.79 Å². The van der Waals surface area contributed by atoms with E-state index in [1.165, 1.54) is 0 Å². The van der Waals surface area contributed by atoms with Gasteiger partial charge in [-0.2, -0.15) is 0 Å². The van der Waals surface area contributed by atoms with Gasteiger partial charge in [0.1, 0.15) is 0 Å². The number of hydrogen-bond acceptors (Lipinski definition) is 2. The maximum Gasteiger partial charge on any atom is 0.290 e. The van der Waals surface area contributed by atoms with Crippen LogP contribution in [0.5, 0.6) is 0 Å². The molecule has 0 bridgehead atoms.